The van der Waals surface area contributed by atoms with Crippen molar-refractivity contribution in [2.45, 2.75) is 32.3 Å². The van der Waals surface area contributed by atoms with Crippen LogP contribution in [-0.4, -0.2) is 13.3 Å². The second-order valence-electron chi connectivity index (χ2n) is 7.16. The molecule has 4 nitrogen and oxygen atoms in total. The first-order valence-corrected chi connectivity index (χ1v) is 11.5. The largest absolute Gasteiger partial charge is 0.493 e. The summed E-state index contributed by atoms with van der Waals surface area (Å²) in [6.45, 7) is 0.258. The molecule has 0 saturated heterocycles. The molecule has 0 amide bonds. The number of rotatable bonds is 6. The fourth-order valence-corrected chi connectivity index (χ4v) is 5.27. The number of thiophene rings is 1. The van der Waals surface area contributed by atoms with E-state index < -0.39 is 0 Å². The summed E-state index contributed by atoms with van der Waals surface area (Å²) in [5, 5.41) is 11.5. The Hall–Kier alpha value is -2.52. The minimum absolute atomic E-state index is 0.258. The number of methoxy groups -OCH3 is 1. The van der Waals surface area contributed by atoms with Crippen molar-refractivity contribution in [1.29, 1.82) is 5.26 Å². The van der Waals surface area contributed by atoms with E-state index in [0.29, 0.717) is 27.1 Å². The molecular weight excluding hydrogens is 451 g/mol. The van der Waals surface area contributed by atoms with Gasteiger partial charge in [-0.05, 0) is 55.5 Å². The molecule has 0 aliphatic heterocycles. The lowest BCUT2D eigenvalue weighted by molar-refractivity contribution is 0.284. The summed E-state index contributed by atoms with van der Waals surface area (Å²) in [5.74, 6) is 1.17. The third-order valence-electron chi connectivity index (χ3n) is 5.20. The van der Waals surface area contributed by atoms with E-state index in [1.54, 1.807) is 36.8 Å². The Morgan fingerprint density at radius 1 is 1.19 bits per heavy atom. The smallest absolute Gasteiger partial charge is 0.170 e. The van der Waals surface area contributed by atoms with Crippen LogP contribution in [0.3, 0.4) is 0 Å². The standard InChI is InChI=1S/C24H20Cl2N2O2S/c1-29-21-7-4-5-15(23(21)30-14-16-9-10-17(25)11-20(16)26)13-28-24-19(12-27)18-6-2-3-8-22(18)31-24/h4-5,7,9-11,13H,2-3,6,8,14H2,1H3/b28-13-. The second-order valence-corrected chi connectivity index (χ2v) is 9.09. The van der Waals surface area contributed by atoms with E-state index in [9.17, 15) is 5.26 Å². The molecule has 4 rings (SSSR count). The Balaban J connectivity index is 1.63. The number of fused-ring (bicyclic) bond motifs is 1. The SMILES string of the molecule is COc1cccc(/C=N\c2sc3c(c2C#N)CCCC3)c1OCc1ccc(Cl)cc1Cl. The number of aryl methyl sites for hydroxylation is 1. The van der Waals surface area contributed by atoms with Gasteiger partial charge >= 0.3 is 0 Å². The lowest BCUT2D eigenvalue weighted by atomic mass is 9.96. The van der Waals surface area contributed by atoms with Crippen LogP contribution in [0.15, 0.2) is 41.4 Å². The van der Waals surface area contributed by atoms with Crippen LogP contribution in [0.1, 0.15) is 40.0 Å². The molecule has 0 saturated carbocycles. The molecule has 0 N–H and O–H groups in total. The summed E-state index contributed by atoms with van der Waals surface area (Å²) in [6.07, 6.45) is 6.02. The highest BCUT2D eigenvalue weighted by Gasteiger charge is 2.20. The molecule has 1 heterocycles. The highest BCUT2D eigenvalue weighted by atomic mass is 35.5. The lowest BCUT2D eigenvalue weighted by Crippen LogP contribution is -2.01. The molecule has 3 aromatic rings. The zero-order valence-electron chi connectivity index (χ0n) is 17.0. The summed E-state index contributed by atoms with van der Waals surface area (Å²) < 4.78 is 11.6. The van der Waals surface area contributed by atoms with Gasteiger partial charge in [-0.25, -0.2) is 4.99 Å². The maximum Gasteiger partial charge on any atom is 0.170 e. The topological polar surface area (TPSA) is 54.6 Å². The molecule has 0 spiro atoms. The zero-order chi connectivity index (χ0) is 21.8. The molecule has 1 aromatic heterocycles. The molecule has 31 heavy (non-hydrogen) atoms. The van der Waals surface area contributed by atoms with Crippen molar-refractivity contribution in [3.63, 3.8) is 0 Å². The van der Waals surface area contributed by atoms with E-state index in [1.165, 1.54) is 16.9 Å². The Kier molecular flexibility index (Phi) is 6.82. The minimum Gasteiger partial charge on any atom is -0.493 e. The van der Waals surface area contributed by atoms with E-state index in [-0.39, 0.29) is 6.61 Å². The summed E-state index contributed by atoms with van der Waals surface area (Å²) in [7, 11) is 1.60. The maximum absolute atomic E-state index is 9.67. The number of hydrogen-bond acceptors (Lipinski definition) is 5. The Morgan fingerprint density at radius 2 is 2.03 bits per heavy atom. The predicted molar refractivity (Wildman–Crippen MR) is 127 cm³/mol. The van der Waals surface area contributed by atoms with Gasteiger partial charge < -0.3 is 9.47 Å². The van der Waals surface area contributed by atoms with Crippen LogP contribution in [-0.2, 0) is 19.4 Å². The van der Waals surface area contributed by atoms with E-state index in [0.717, 1.165) is 35.4 Å². The molecule has 0 radical (unpaired) electrons. The van der Waals surface area contributed by atoms with Gasteiger partial charge in [0.25, 0.3) is 0 Å². The minimum atomic E-state index is 0.258. The summed E-state index contributed by atoms with van der Waals surface area (Å²) in [5.41, 5.74) is 3.46. The van der Waals surface area contributed by atoms with Gasteiger partial charge in [-0.2, -0.15) is 5.26 Å². The van der Waals surface area contributed by atoms with Crippen molar-refractivity contribution in [3.05, 3.63) is 73.6 Å². The molecule has 2 aromatic carbocycles. The Labute approximate surface area is 195 Å². The maximum atomic E-state index is 9.67. The predicted octanol–water partition coefficient (Wildman–Crippen LogP) is 7.14. The zero-order valence-corrected chi connectivity index (χ0v) is 19.3. The van der Waals surface area contributed by atoms with Gasteiger partial charge in [-0.15, -0.1) is 11.3 Å². The van der Waals surface area contributed by atoms with Crippen LogP contribution < -0.4 is 9.47 Å². The lowest BCUT2D eigenvalue weighted by Gasteiger charge is -2.14. The fourth-order valence-electron chi connectivity index (χ4n) is 3.62. The summed E-state index contributed by atoms with van der Waals surface area (Å²) in [4.78, 5) is 5.95. The molecule has 0 unspecified atom stereocenters. The van der Waals surface area contributed by atoms with E-state index in [4.69, 9.17) is 32.7 Å². The van der Waals surface area contributed by atoms with Crippen LogP contribution in [0.2, 0.25) is 10.0 Å². The highest BCUT2D eigenvalue weighted by Crippen LogP contribution is 2.40. The van der Waals surface area contributed by atoms with Gasteiger partial charge in [-0.3, -0.25) is 0 Å². The molecule has 0 bridgehead atoms. The van der Waals surface area contributed by atoms with Gasteiger partial charge in [0.15, 0.2) is 11.5 Å². The molecule has 0 fully saturated rings. The van der Waals surface area contributed by atoms with Crippen molar-refractivity contribution in [3.8, 4) is 17.6 Å². The number of nitriles is 1. The number of nitrogens with zero attached hydrogens (tertiary/aromatic N) is 2. The molecule has 1 aliphatic carbocycles. The Morgan fingerprint density at radius 3 is 2.81 bits per heavy atom. The first-order chi connectivity index (χ1) is 15.1. The number of aliphatic imine (C=N–C) groups is 1. The van der Waals surface area contributed by atoms with Crippen LogP contribution in [0.4, 0.5) is 5.00 Å². The van der Waals surface area contributed by atoms with Gasteiger partial charge in [0.1, 0.15) is 17.7 Å². The quantitative estimate of drug-likeness (QED) is 0.359. The number of benzene rings is 2. The van der Waals surface area contributed by atoms with Crippen LogP contribution >= 0.6 is 34.5 Å². The third kappa shape index (κ3) is 4.72. The average molecular weight is 471 g/mol. The molecular formula is C24H20Cl2N2O2S. The normalized spacial score (nSPS) is 13.1. The summed E-state index contributed by atoms with van der Waals surface area (Å²) >= 11 is 13.9. The molecule has 1 aliphatic rings. The molecule has 0 atom stereocenters. The van der Waals surface area contributed by atoms with Crippen molar-refractivity contribution in [2.75, 3.05) is 7.11 Å². The second kappa shape index (κ2) is 9.74. The average Bonchev–Trinajstić information content (AvgIpc) is 3.14. The van der Waals surface area contributed by atoms with Crippen LogP contribution in [0, 0.1) is 11.3 Å². The van der Waals surface area contributed by atoms with Gasteiger partial charge in [-0.1, -0.05) is 35.3 Å². The monoisotopic (exact) mass is 470 g/mol. The highest BCUT2D eigenvalue weighted by molar-refractivity contribution is 7.16. The Bertz CT molecular complexity index is 1180. The van der Waals surface area contributed by atoms with Crippen LogP contribution in [0.5, 0.6) is 11.5 Å². The number of halogens is 2. The van der Waals surface area contributed by atoms with Crippen molar-refractivity contribution in [1.82, 2.24) is 0 Å². The third-order valence-corrected chi connectivity index (χ3v) is 6.99. The van der Waals surface area contributed by atoms with Crippen molar-refractivity contribution in [2.24, 2.45) is 4.99 Å². The molecule has 7 heteroatoms. The first kappa shape index (κ1) is 21.7. The van der Waals surface area contributed by atoms with Gasteiger partial charge in [0, 0.05) is 32.3 Å². The number of hydrogen-bond donors (Lipinski definition) is 0. The first-order valence-electron chi connectivity index (χ1n) is 9.93. The van der Waals surface area contributed by atoms with Gasteiger partial charge in [0.05, 0.1) is 12.7 Å². The van der Waals surface area contributed by atoms with E-state index >= 15 is 0 Å². The number of ether oxygens (including phenoxy) is 2. The number of para-hydroxylation sites is 1. The van der Waals surface area contributed by atoms with Crippen LogP contribution in [0.25, 0.3) is 0 Å². The fraction of sp³-hybridized carbons (Fsp3) is 0.250. The van der Waals surface area contributed by atoms with E-state index in [1.807, 2.05) is 24.3 Å². The molecule has 158 valence electrons. The van der Waals surface area contributed by atoms with Crippen molar-refractivity contribution >= 4 is 45.8 Å². The van der Waals surface area contributed by atoms with Crippen molar-refractivity contribution < 1.29 is 9.47 Å². The van der Waals surface area contributed by atoms with Gasteiger partial charge in [0.2, 0.25) is 0 Å². The summed E-state index contributed by atoms with van der Waals surface area (Å²) in [6, 6.07) is 13.3. The van der Waals surface area contributed by atoms with E-state index in [2.05, 4.69) is 11.1 Å².